The summed E-state index contributed by atoms with van der Waals surface area (Å²) in [6.07, 6.45) is 0. The summed E-state index contributed by atoms with van der Waals surface area (Å²) in [4.78, 5) is 45.0. The van der Waals surface area contributed by atoms with Gasteiger partial charge < -0.3 is 5.11 Å². The highest BCUT2D eigenvalue weighted by molar-refractivity contribution is 8.00. The molecular formula is C17H16N4O4S. The average Bonchev–Trinajstić information content (AvgIpc) is 2.64. The van der Waals surface area contributed by atoms with Crippen LogP contribution in [0.4, 0.5) is 0 Å². The second kappa shape index (κ2) is 6.75. The maximum absolute atomic E-state index is 12.6. The van der Waals surface area contributed by atoms with Gasteiger partial charge in [-0.1, -0.05) is 42.1 Å². The second-order valence-electron chi connectivity index (χ2n) is 5.72. The van der Waals surface area contributed by atoms with Gasteiger partial charge in [-0.25, -0.2) is 14.8 Å². The minimum Gasteiger partial charge on any atom is -0.480 e. The Bertz CT molecular complexity index is 1120. The molecule has 1 aromatic carbocycles. The summed E-state index contributed by atoms with van der Waals surface area (Å²) >= 11 is 0.948. The van der Waals surface area contributed by atoms with Crippen molar-refractivity contribution in [1.82, 2.24) is 19.1 Å². The second-order valence-corrected chi connectivity index (χ2v) is 7.05. The molecule has 0 aliphatic heterocycles. The van der Waals surface area contributed by atoms with Gasteiger partial charge in [0.15, 0.2) is 11.5 Å². The van der Waals surface area contributed by atoms with E-state index < -0.39 is 22.5 Å². The Labute approximate surface area is 152 Å². The highest BCUT2D eigenvalue weighted by Crippen LogP contribution is 2.28. The highest BCUT2D eigenvalue weighted by Gasteiger charge is 2.22. The minimum absolute atomic E-state index is 0.132. The van der Waals surface area contributed by atoms with Crippen LogP contribution in [0.15, 0.2) is 44.9 Å². The van der Waals surface area contributed by atoms with E-state index in [9.17, 15) is 19.5 Å². The fraction of sp³-hybridized carbons (Fsp3) is 0.235. The largest absolute Gasteiger partial charge is 0.480 e. The number of carbonyl (C=O) groups is 1. The molecule has 3 rings (SSSR count). The van der Waals surface area contributed by atoms with Crippen LogP contribution in [0.2, 0.25) is 0 Å². The average molecular weight is 372 g/mol. The van der Waals surface area contributed by atoms with Gasteiger partial charge in [0.25, 0.3) is 5.56 Å². The molecule has 9 heteroatoms. The SMILES string of the molecule is CC(Sc1nc(-c2ccccc2)nc2c1c(=O)n(C)c(=O)n2C)C(=O)O. The predicted octanol–water partition coefficient (Wildman–Crippen LogP) is 1.26. The summed E-state index contributed by atoms with van der Waals surface area (Å²) in [5.74, 6) is -0.703. The number of fused-ring (bicyclic) bond motifs is 1. The molecular weight excluding hydrogens is 356 g/mol. The van der Waals surface area contributed by atoms with Crippen LogP contribution in [0.5, 0.6) is 0 Å². The monoisotopic (exact) mass is 372 g/mol. The first-order valence-electron chi connectivity index (χ1n) is 7.74. The molecule has 0 spiro atoms. The molecule has 1 N–H and O–H groups in total. The first-order chi connectivity index (χ1) is 12.3. The maximum Gasteiger partial charge on any atom is 0.332 e. The molecule has 1 unspecified atom stereocenters. The normalized spacial score (nSPS) is 12.3. The topological polar surface area (TPSA) is 107 Å². The Kier molecular flexibility index (Phi) is 4.64. The summed E-state index contributed by atoms with van der Waals surface area (Å²) in [6.45, 7) is 1.51. The molecule has 0 saturated heterocycles. The predicted molar refractivity (Wildman–Crippen MR) is 98.4 cm³/mol. The number of carboxylic acids is 1. The molecule has 0 radical (unpaired) electrons. The Hall–Kier alpha value is -2.94. The fourth-order valence-electron chi connectivity index (χ4n) is 2.45. The van der Waals surface area contributed by atoms with Gasteiger partial charge in [0.05, 0.1) is 0 Å². The van der Waals surface area contributed by atoms with Crippen LogP contribution in [0, 0.1) is 0 Å². The van der Waals surface area contributed by atoms with Gasteiger partial charge in [-0.2, -0.15) is 0 Å². The van der Waals surface area contributed by atoms with Gasteiger partial charge in [-0.15, -0.1) is 0 Å². The van der Waals surface area contributed by atoms with Gasteiger partial charge in [-0.05, 0) is 6.92 Å². The molecule has 2 aromatic heterocycles. The van der Waals surface area contributed by atoms with Gasteiger partial charge in [0.1, 0.15) is 15.7 Å². The van der Waals surface area contributed by atoms with E-state index in [1.807, 2.05) is 18.2 Å². The van der Waals surface area contributed by atoms with Crippen molar-refractivity contribution in [3.63, 3.8) is 0 Å². The number of aryl methyl sites for hydroxylation is 1. The summed E-state index contributed by atoms with van der Waals surface area (Å²) < 4.78 is 2.23. The van der Waals surface area contributed by atoms with Gasteiger partial charge in [-0.3, -0.25) is 18.7 Å². The van der Waals surface area contributed by atoms with E-state index in [1.165, 1.54) is 25.6 Å². The van der Waals surface area contributed by atoms with Gasteiger partial charge in [0.2, 0.25) is 0 Å². The molecule has 0 aliphatic carbocycles. The zero-order valence-corrected chi connectivity index (χ0v) is 15.1. The zero-order chi connectivity index (χ0) is 19.0. The minimum atomic E-state index is -1.02. The molecule has 0 aliphatic rings. The Morgan fingerprint density at radius 3 is 2.38 bits per heavy atom. The molecule has 0 amide bonds. The van der Waals surface area contributed by atoms with Crippen molar-refractivity contribution in [3.05, 3.63) is 51.2 Å². The Balaban J connectivity index is 2.39. The smallest absolute Gasteiger partial charge is 0.332 e. The molecule has 0 saturated carbocycles. The zero-order valence-electron chi connectivity index (χ0n) is 14.3. The van der Waals surface area contributed by atoms with Crippen LogP contribution in [-0.2, 0) is 18.9 Å². The number of nitrogens with zero attached hydrogens (tertiary/aromatic N) is 4. The molecule has 26 heavy (non-hydrogen) atoms. The summed E-state index contributed by atoms with van der Waals surface area (Å²) in [7, 11) is 2.88. The number of rotatable bonds is 4. The Morgan fingerprint density at radius 1 is 1.12 bits per heavy atom. The molecule has 134 valence electrons. The van der Waals surface area contributed by atoms with Crippen LogP contribution < -0.4 is 11.2 Å². The van der Waals surface area contributed by atoms with Crippen LogP contribution in [0.25, 0.3) is 22.4 Å². The van der Waals surface area contributed by atoms with E-state index in [1.54, 1.807) is 12.1 Å². The lowest BCUT2D eigenvalue weighted by molar-refractivity contribution is -0.136. The standard InChI is InChI=1S/C17H16N4O4S/c1-9(16(23)24)26-14-11-13(20(2)17(25)21(3)15(11)22)18-12(19-14)10-7-5-4-6-8-10/h4-9H,1-3H3,(H,23,24). The third-order valence-corrected chi connectivity index (χ3v) is 5.01. The van der Waals surface area contributed by atoms with Crippen molar-refractivity contribution >= 4 is 28.8 Å². The van der Waals surface area contributed by atoms with Gasteiger partial charge in [0, 0.05) is 19.7 Å². The highest BCUT2D eigenvalue weighted by atomic mass is 32.2. The lowest BCUT2D eigenvalue weighted by Crippen LogP contribution is -2.37. The third-order valence-electron chi connectivity index (χ3n) is 3.93. The number of benzene rings is 1. The Morgan fingerprint density at radius 2 is 1.77 bits per heavy atom. The molecule has 0 fully saturated rings. The van der Waals surface area contributed by atoms with Gasteiger partial charge >= 0.3 is 11.7 Å². The van der Waals surface area contributed by atoms with Crippen molar-refractivity contribution < 1.29 is 9.90 Å². The van der Waals surface area contributed by atoms with Crippen LogP contribution in [0.1, 0.15) is 6.92 Å². The van der Waals surface area contributed by atoms with Crippen LogP contribution >= 0.6 is 11.8 Å². The first-order valence-corrected chi connectivity index (χ1v) is 8.62. The fourth-order valence-corrected chi connectivity index (χ4v) is 3.32. The molecule has 3 aromatic rings. The van der Waals surface area contributed by atoms with Crippen molar-refractivity contribution in [2.24, 2.45) is 14.1 Å². The van der Waals surface area contributed by atoms with E-state index in [0.29, 0.717) is 11.4 Å². The first kappa shape index (κ1) is 17.9. The van der Waals surface area contributed by atoms with E-state index in [2.05, 4.69) is 9.97 Å². The molecule has 1 atom stereocenters. The van der Waals surface area contributed by atoms with Crippen molar-refractivity contribution in [3.8, 4) is 11.4 Å². The van der Waals surface area contributed by atoms with Crippen molar-refractivity contribution in [2.45, 2.75) is 17.2 Å². The van der Waals surface area contributed by atoms with Crippen LogP contribution in [0.3, 0.4) is 0 Å². The van der Waals surface area contributed by atoms with E-state index in [4.69, 9.17) is 0 Å². The lowest BCUT2D eigenvalue weighted by Gasteiger charge is -2.13. The summed E-state index contributed by atoms with van der Waals surface area (Å²) in [6, 6.07) is 9.08. The number of aromatic nitrogens is 4. The number of hydrogen-bond acceptors (Lipinski definition) is 6. The van der Waals surface area contributed by atoms with E-state index >= 15 is 0 Å². The number of hydrogen-bond donors (Lipinski definition) is 1. The maximum atomic E-state index is 12.6. The summed E-state index contributed by atoms with van der Waals surface area (Å²) in [5, 5.41) is 8.77. The lowest BCUT2D eigenvalue weighted by atomic mass is 10.2. The number of aliphatic carboxylic acids is 1. The van der Waals surface area contributed by atoms with E-state index in [0.717, 1.165) is 16.3 Å². The van der Waals surface area contributed by atoms with Crippen molar-refractivity contribution in [2.75, 3.05) is 0 Å². The number of thioether (sulfide) groups is 1. The van der Waals surface area contributed by atoms with Crippen molar-refractivity contribution in [1.29, 1.82) is 0 Å². The summed E-state index contributed by atoms with van der Waals surface area (Å²) in [5.41, 5.74) is -0.190. The molecule has 0 bridgehead atoms. The third kappa shape index (κ3) is 3.01. The van der Waals surface area contributed by atoms with E-state index in [-0.39, 0.29) is 16.1 Å². The number of carboxylic acid groups (broad SMARTS) is 1. The van der Waals surface area contributed by atoms with Crippen LogP contribution in [-0.4, -0.2) is 35.4 Å². The molecule has 8 nitrogen and oxygen atoms in total. The molecule has 2 heterocycles. The quantitative estimate of drug-likeness (QED) is 0.543.